The molecule has 4 aromatic rings. The van der Waals surface area contributed by atoms with Gasteiger partial charge in [-0.2, -0.15) is 0 Å². The van der Waals surface area contributed by atoms with Crippen molar-refractivity contribution < 1.29 is 13.9 Å². The number of carbonyl (C=O) groups excluding carboxylic acids is 1. The van der Waals surface area contributed by atoms with Crippen LogP contribution in [0.2, 0.25) is 0 Å². The fourth-order valence-electron chi connectivity index (χ4n) is 2.75. The summed E-state index contributed by atoms with van der Waals surface area (Å²) in [6, 6.07) is 11.6. The van der Waals surface area contributed by atoms with Crippen molar-refractivity contribution in [2.24, 2.45) is 0 Å². The fraction of sp³-hybridized carbons (Fsp3) is 0.150. The number of carbonyl (C=O) groups is 1. The number of thiazole rings is 1. The number of ether oxygens (including phenoxy) is 1. The van der Waals surface area contributed by atoms with Crippen molar-refractivity contribution in [3.05, 3.63) is 66.2 Å². The number of furan rings is 1. The van der Waals surface area contributed by atoms with Crippen LogP contribution in [-0.4, -0.2) is 33.3 Å². The number of anilines is 1. The molecule has 0 atom stereocenters. The lowest BCUT2D eigenvalue weighted by molar-refractivity contribution is -0.113. The van der Waals surface area contributed by atoms with Crippen LogP contribution in [0.25, 0.3) is 11.3 Å². The summed E-state index contributed by atoms with van der Waals surface area (Å²) in [6.07, 6.45) is 5.12. The van der Waals surface area contributed by atoms with Crippen LogP contribution >= 0.6 is 23.1 Å². The summed E-state index contributed by atoms with van der Waals surface area (Å²) in [5.74, 6) is 1.71. The molecular formula is C20H18N4O3S2. The zero-order valence-corrected chi connectivity index (χ0v) is 17.2. The number of hydrogen-bond acceptors (Lipinski definition) is 7. The van der Waals surface area contributed by atoms with Gasteiger partial charge in [-0.05, 0) is 36.4 Å². The summed E-state index contributed by atoms with van der Waals surface area (Å²) >= 11 is 2.76. The SMILES string of the molecule is COc1ccc(-c2cnc(SCC(=O)Nc3nccs3)n2Cc2ccco2)cc1. The number of nitrogens with one attached hydrogen (secondary N) is 1. The van der Waals surface area contributed by atoms with Crippen molar-refractivity contribution in [3.8, 4) is 17.0 Å². The molecule has 3 heterocycles. The average molecular weight is 427 g/mol. The molecule has 1 N–H and O–H groups in total. The van der Waals surface area contributed by atoms with E-state index in [1.54, 1.807) is 19.6 Å². The third-order valence-corrected chi connectivity index (χ3v) is 5.79. The number of rotatable bonds is 8. The standard InChI is InChI=1S/C20H18N4O3S2/c1-26-15-6-4-14(5-7-15)17-11-22-20(24(17)12-16-3-2-9-27-16)29-13-18(25)23-19-21-8-10-28-19/h2-11H,12-13H2,1H3,(H,21,23,25). The number of thioether (sulfide) groups is 1. The minimum absolute atomic E-state index is 0.122. The Kier molecular flexibility index (Phi) is 5.97. The first-order valence-electron chi connectivity index (χ1n) is 8.77. The number of aromatic nitrogens is 3. The molecule has 148 valence electrons. The van der Waals surface area contributed by atoms with E-state index in [-0.39, 0.29) is 11.7 Å². The van der Waals surface area contributed by atoms with Crippen LogP contribution in [0.15, 0.2) is 70.0 Å². The number of methoxy groups -OCH3 is 1. The van der Waals surface area contributed by atoms with Crippen LogP contribution < -0.4 is 10.1 Å². The van der Waals surface area contributed by atoms with Crippen molar-refractivity contribution in [2.75, 3.05) is 18.2 Å². The molecule has 0 bridgehead atoms. The van der Waals surface area contributed by atoms with Crippen LogP contribution in [-0.2, 0) is 11.3 Å². The third kappa shape index (κ3) is 4.69. The number of benzene rings is 1. The molecule has 29 heavy (non-hydrogen) atoms. The Morgan fingerprint density at radius 3 is 2.83 bits per heavy atom. The minimum Gasteiger partial charge on any atom is -0.497 e. The molecule has 3 aromatic heterocycles. The van der Waals surface area contributed by atoms with Gasteiger partial charge in [-0.3, -0.25) is 4.79 Å². The third-order valence-electron chi connectivity index (χ3n) is 4.11. The van der Waals surface area contributed by atoms with Gasteiger partial charge in [-0.1, -0.05) is 11.8 Å². The Labute approximate surface area is 175 Å². The molecule has 7 nitrogen and oxygen atoms in total. The van der Waals surface area contributed by atoms with Crippen molar-refractivity contribution >= 4 is 34.1 Å². The summed E-state index contributed by atoms with van der Waals surface area (Å²) in [6.45, 7) is 0.519. The molecule has 0 spiro atoms. The highest BCUT2D eigenvalue weighted by atomic mass is 32.2. The van der Waals surface area contributed by atoms with Gasteiger partial charge in [0, 0.05) is 17.1 Å². The fourth-order valence-corrected chi connectivity index (χ4v) is 4.07. The van der Waals surface area contributed by atoms with Crippen molar-refractivity contribution in [1.82, 2.24) is 14.5 Å². The van der Waals surface area contributed by atoms with E-state index in [1.165, 1.54) is 23.1 Å². The quantitative estimate of drug-likeness (QED) is 0.421. The van der Waals surface area contributed by atoms with E-state index in [9.17, 15) is 4.79 Å². The van der Waals surface area contributed by atoms with Gasteiger partial charge >= 0.3 is 0 Å². The van der Waals surface area contributed by atoms with Crippen molar-refractivity contribution in [1.29, 1.82) is 0 Å². The second kappa shape index (κ2) is 8.97. The lowest BCUT2D eigenvalue weighted by atomic mass is 10.1. The summed E-state index contributed by atoms with van der Waals surface area (Å²) in [5, 5.41) is 5.93. The molecule has 0 fully saturated rings. The van der Waals surface area contributed by atoms with E-state index in [0.29, 0.717) is 11.7 Å². The number of hydrogen-bond donors (Lipinski definition) is 1. The predicted molar refractivity (Wildman–Crippen MR) is 113 cm³/mol. The first-order chi connectivity index (χ1) is 14.2. The summed E-state index contributed by atoms with van der Waals surface area (Å²) < 4.78 is 12.8. The maximum atomic E-state index is 12.2. The van der Waals surface area contributed by atoms with Crippen LogP contribution in [0, 0.1) is 0 Å². The van der Waals surface area contributed by atoms with Crippen LogP contribution in [0.3, 0.4) is 0 Å². The van der Waals surface area contributed by atoms with E-state index in [4.69, 9.17) is 9.15 Å². The summed E-state index contributed by atoms with van der Waals surface area (Å²) in [4.78, 5) is 20.8. The lowest BCUT2D eigenvalue weighted by Gasteiger charge is -2.11. The van der Waals surface area contributed by atoms with Crippen LogP contribution in [0.4, 0.5) is 5.13 Å². The monoisotopic (exact) mass is 426 g/mol. The zero-order valence-electron chi connectivity index (χ0n) is 15.6. The van der Waals surface area contributed by atoms with Crippen LogP contribution in [0.5, 0.6) is 5.75 Å². The normalized spacial score (nSPS) is 10.8. The van der Waals surface area contributed by atoms with Gasteiger partial charge in [0.15, 0.2) is 10.3 Å². The molecule has 0 aliphatic carbocycles. The molecule has 0 aliphatic rings. The van der Waals surface area contributed by atoms with Crippen LogP contribution in [0.1, 0.15) is 5.76 Å². The Bertz CT molecular complexity index is 1060. The van der Waals surface area contributed by atoms with Gasteiger partial charge in [0.25, 0.3) is 0 Å². The van der Waals surface area contributed by atoms with Gasteiger partial charge in [0.05, 0.1) is 37.6 Å². The number of amides is 1. The van der Waals surface area contributed by atoms with E-state index in [0.717, 1.165) is 27.9 Å². The van der Waals surface area contributed by atoms with E-state index in [1.807, 2.05) is 52.5 Å². The maximum absolute atomic E-state index is 12.2. The van der Waals surface area contributed by atoms with Crippen molar-refractivity contribution in [3.63, 3.8) is 0 Å². The largest absolute Gasteiger partial charge is 0.497 e. The van der Waals surface area contributed by atoms with Gasteiger partial charge in [0.1, 0.15) is 11.5 Å². The van der Waals surface area contributed by atoms with Gasteiger partial charge < -0.3 is 19.0 Å². The average Bonchev–Trinajstić information content (AvgIpc) is 3.50. The molecule has 9 heteroatoms. The van der Waals surface area contributed by atoms with Gasteiger partial charge in [-0.25, -0.2) is 9.97 Å². The molecule has 1 amide bonds. The van der Waals surface area contributed by atoms with Gasteiger partial charge in [0.2, 0.25) is 5.91 Å². The second-order valence-electron chi connectivity index (χ2n) is 5.99. The Hall–Kier alpha value is -3.04. The second-order valence-corrected chi connectivity index (χ2v) is 7.83. The molecular weight excluding hydrogens is 408 g/mol. The molecule has 0 aliphatic heterocycles. The Balaban J connectivity index is 1.55. The number of imidazole rings is 1. The smallest absolute Gasteiger partial charge is 0.236 e. The van der Waals surface area contributed by atoms with Crippen molar-refractivity contribution in [2.45, 2.75) is 11.7 Å². The molecule has 1 aromatic carbocycles. The minimum atomic E-state index is -0.122. The Morgan fingerprint density at radius 1 is 1.28 bits per heavy atom. The molecule has 0 saturated carbocycles. The summed E-state index contributed by atoms with van der Waals surface area (Å²) in [5.41, 5.74) is 1.94. The highest BCUT2D eigenvalue weighted by Crippen LogP contribution is 2.28. The Morgan fingerprint density at radius 2 is 2.14 bits per heavy atom. The predicted octanol–water partition coefficient (Wildman–Crippen LogP) is 4.39. The highest BCUT2D eigenvalue weighted by Gasteiger charge is 2.16. The highest BCUT2D eigenvalue weighted by molar-refractivity contribution is 7.99. The van der Waals surface area contributed by atoms with Gasteiger partial charge in [-0.15, -0.1) is 11.3 Å². The summed E-state index contributed by atoms with van der Waals surface area (Å²) in [7, 11) is 1.64. The first-order valence-corrected chi connectivity index (χ1v) is 10.6. The van der Waals surface area contributed by atoms with E-state index in [2.05, 4.69) is 15.3 Å². The first kappa shape index (κ1) is 19.3. The zero-order chi connectivity index (χ0) is 20.1. The van der Waals surface area contributed by atoms with E-state index < -0.39 is 0 Å². The van der Waals surface area contributed by atoms with E-state index >= 15 is 0 Å². The number of nitrogens with zero attached hydrogens (tertiary/aromatic N) is 3. The molecule has 0 unspecified atom stereocenters. The maximum Gasteiger partial charge on any atom is 0.236 e. The molecule has 0 radical (unpaired) electrons. The molecule has 0 saturated heterocycles. The lowest BCUT2D eigenvalue weighted by Crippen LogP contribution is -2.14. The topological polar surface area (TPSA) is 82.2 Å². The molecule has 4 rings (SSSR count).